The summed E-state index contributed by atoms with van der Waals surface area (Å²) in [6.07, 6.45) is 1.55. The van der Waals surface area contributed by atoms with Crippen molar-refractivity contribution in [1.82, 2.24) is 10.6 Å². The molecule has 7 heteroatoms. The molecule has 164 valence electrons. The summed E-state index contributed by atoms with van der Waals surface area (Å²) < 4.78 is 5.23. The van der Waals surface area contributed by atoms with Gasteiger partial charge >= 0.3 is 0 Å². The summed E-state index contributed by atoms with van der Waals surface area (Å²) in [7, 11) is 0. The molecule has 0 fully saturated rings. The second-order valence-electron chi connectivity index (χ2n) is 7.16. The third-order valence-corrected chi connectivity index (χ3v) is 5.11. The van der Waals surface area contributed by atoms with Crippen LogP contribution in [0, 0.1) is 0 Å². The molecular weight excluding hydrogens is 434 g/mol. The van der Waals surface area contributed by atoms with Crippen molar-refractivity contribution in [3.05, 3.63) is 114 Å². The van der Waals surface area contributed by atoms with E-state index < -0.39 is 0 Å². The Hall–Kier alpha value is -4.23. The summed E-state index contributed by atoms with van der Waals surface area (Å²) in [5.74, 6) is 0.0156. The van der Waals surface area contributed by atoms with Crippen LogP contribution >= 0.6 is 12.2 Å². The Labute approximate surface area is 196 Å². The van der Waals surface area contributed by atoms with E-state index in [1.807, 2.05) is 42.5 Å². The molecular formula is C26H21N3O3S. The Morgan fingerprint density at radius 3 is 2.18 bits per heavy atom. The number of para-hydroxylation sites is 1. The van der Waals surface area contributed by atoms with Gasteiger partial charge < -0.3 is 15.1 Å². The number of benzene rings is 3. The van der Waals surface area contributed by atoms with Crippen LogP contribution in [0.4, 0.5) is 5.69 Å². The zero-order chi connectivity index (χ0) is 23.0. The van der Waals surface area contributed by atoms with Gasteiger partial charge in [0.2, 0.25) is 0 Å². The van der Waals surface area contributed by atoms with Crippen molar-refractivity contribution in [3.8, 4) is 11.1 Å². The van der Waals surface area contributed by atoms with Crippen LogP contribution in [0.1, 0.15) is 26.5 Å². The Morgan fingerprint density at radius 2 is 1.45 bits per heavy atom. The summed E-state index contributed by atoms with van der Waals surface area (Å²) in [5.41, 5.74) is 3.45. The van der Waals surface area contributed by atoms with Crippen LogP contribution in [0.2, 0.25) is 0 Å². The van der Waals surface area contributed by atoms with E-state index in [2.05, 4.69) is 16.0 Å². The lowest BCUT2D eigenvalue weighted by Gasteiger charge is -2.13. The van der Waals surface area contributed by atoms with Crippen molar-refractivity contribution < 1.29 is 14.0 Å². The molecule has 0 atom stereocenters. The molecule has 0 radical (unpaired) electrons. The maximum atomic E-state index is 12.6. The molecule has 4 rings (SSSR count). The first kappa shape index (κ1) is 22.0. The van der Waals surface area contributed by atoms with Crippen molar-refractivity contribution in [2.24, 2.45) is 0 Å². The Kier molecular flexibility index (Phi) is 6.92. The van der Waals surface area contributed by atoms with E-state index in [4.69, 9.17) is 16.6 Å². The van der Waals surface area contributed by atoms with Crippen LogP contribution in [-0.2, 0) is 6.54 Å². The second-order valence-corrected chi connectivity index (χ2v) is 7.57. The monoisotopic (exact) mass is 455 g/mol. The van der Waals surface area contributed by atoms with E-state index in [-0.39, 0.29) is 23.5 Å². The van der Waals surface area contributed by atoms with E-state index in [9.17, 15) is 9.59 Å². The number of anilines is 1. The Bertz CT molecular complexity index is 1250. The average molecular weight is 456 g/mol. The fourth-order valence-electron chi connectivity index (χ4n) is 3.24. The molecule has 0 saturated heterocycles. The summed E-state index contributed by atoms with van der Waals surface area (Å²) in [5, 5.41) is 8.49. The van der Waals surface area contributed by atoms with Gasteiger partial charge in [0.05, 0.1) is 24.1 Å². The Balaban J connectivity index is 1.37. The van der Waals surface area contributed by atoms with Gasteiger partial charge in [-0.25, -0.2) is 0 Å². The van der Waals surface area contributed by atoms with Gasteiger partial charge in [-0.15, -0.1) is 0 Å². The predicted octanol–water partition coefficient (Wildman–Crippen LogP) is 5.00. The number of carbonyl (C=O) groups is 2. The maximum absolute atomic E-state index is 12.6. The normalized spacial score (nSPS) is 10.3. The minimum atomic E-state index is -0.341. The van der Waals surface area contributed by atoms with Crippen LogP contribution < -0.4 is 16.0 Å². The van der Waals surface area contributed by atoms with Crippen molar-refractivity contribution in [1.29, 1.82) is 0 Å². The molecule has 0 unspecified atom stereocenters. The molecule has 33 heavy (non-hydrogen) atoms. The van der Waals surface area contributed by atoms with Gasteiger partial charge in [-0.1, -0.05) is 54.6 Å². The van der Waals surface area contributed by atoms with E-state index >= 15 is 0 Å². The van der Waals surface area contributed by atoms with Crippen LogP contribution in [0.5, 0.6) is 0 Å². The molecule has 6 nitrogen and oxygen atoms in total. The van der Waals surface area contributed by atoms with E-state index in [0.717, 1.165) is 11.1 Å². The van der Waals surface area contributed by atoms with Gasteiger partial charge in [0.25, 0.3) is 11.8 Å². The zero-order valence-electron chi connectivity index (χ0n) is 17.6. The molecule has 1 aromatic heterocycles. The average Bonchev–Trinajstić information content (AvgIpc) is 3.37. The summed E-state index contributed by atoms with van der Waals surface area (Å²) in [6.45, 7) is 0.264. The lowest BCUT2D eigenvalue weighted by molar-refractivity contribution is 0.0947. The topological polar surface area (TPSA) is 83.4 Å². The zero-order valence-corrected chi connectivity index (χ0v) is 18.4. The van der Waals surface area contributed by atoms with Gasteiger partial charge in [0.15, 0.2) is 5.11 Å². The second kappa shape index (κ2) is 10.4. The molecule has 2 amide bonds. The van der Waals surface area contributed by atoms with Crippen molar-refractivity contribution >= 4 is 34.8 Å². The number of furan rings is 1. The first-order chi connectivity index (χ1) is 16.1. The number of thiocarbonyl (C=S) groups is 1. The molecule has 0 bridgehead atoms. The highest BCUT2D eigenvalue weighted by atomic mass is 32.1. The molecule has 1 heterocycles. The van der Waals surface area contributed by atoms with Crippen molar-refractivity contribution in [2.75, 3.05) is 5.32 Å². The number of rotatable bonds is 6. The summed E-state index contributed by atoms with van der Waals surface area (Å²) >= 11 is 5.30. The number of nitrogens with one attached hydrogen (secondary N) is 3. The fraction of sp³-hybridized carbons (Fsp3) is 0.0385. The summed E-state index contributed by atoms with van der Waals surface area (Å²) in [4.78, 5) is 25.2. The molecule has 3 aromatic carbocycles. The molecule has 0 aliphatic rings. The van der Waals surface area contributed by atoms with Crippen molar-refractivity contribution in [3.63, 3.8) is 0 Å². The number of amides is 2. The minimum Gasteiger partial charge on any atom is -0.467 e. The van der Waals surface area contributed by atoms with E-state index in [1.165, 1.54) is 0 Å². The first-order valence-corrected chi connectivity index (χ1v) is 10.7. The minimum absolute atomic E-state index is 0.0958. The lowest BCUT2D eigenvalue weighted by atomic mass is 10.0. The Morgan fingerprint density at radius 1 is 0.758 bits per heavy atom. The molecule has 0 aliphatic heterocycles. The highest BCUT2D eigenvalue weighted by molar-refractivity contribution is 7.80. The van der Waals surface area contributed by atoms with Gasteiger partial charge in [-0.2, -0.15) is 0 Å². The largest absolute Gasteiger partial charge is 0.467 e. The first-order valence-electron chi connectivity index (χ1n) is 10.3. The van der Waals surface area contributed by atoms with E-state index in [1.54, 1.807) is 54.8 Å². The number of hydrogen-bond acceptors (Lipinski definition) is 4. The van der Waals surface area contributed by atoms with E-state index in [0.29, 0.717) is 22.6 Å². The fourth-order valence-corrected chi connectivity index (χ4v) is 3.44. The van der Waals surface area contributed by atoms with Gasteiger partial charge in [-0.3, -0.25) is 14.9 Å². The molecule has 0 spiro atoms. The van der Waals surface area contributed by atoms with Crippen LogP contribution in [0.3, 0.4) is 0 Å². The highest BCUT2D eigenvalue weighted by Gasteiger charge is 2.14. The summed E-state index contributed by atoms with van der Waals surface area (Å²) in [6, 6.07) is 27.6. The van der Waals surface area contributed by atoms with Crippen LogP contribution in [0.15, 0.2) is 102 Å². The lowest BCUT2D eigenvalue weighted by Crippen LogP contribution is -2.35. The van der Waals surface area contributed by atoms with Crippen LogP contribution in [-0.4, -0.2) is 16.9 Å². The number of hydrogen-bond donors (Lipinski definition) is 3. The van der Waals surface area contributed by atoms with Gasteiger partial charge in [0.1, 0.15) is 5.76 Å². The van der Waals surface area contributed by atoms with Gasteiger partial charge in [0, 0.05) is 5.56 Å². The smallest absolute Gasteiger partial charge is 0.257 e. The highest BCUT2D eigenvalue weighted by Crippen LogP contribution is 2.19. The third kappa shape index (κ3) is 5.72. The molecule has 0 aliphatic carbocycles. The van der Waals surface area contributed by atoms with Gasteiger partial charge in [-0.05, 0) is 59.7 Å². The standard InChI is InChI=1S/C26H21N3O3S/c30-24(20-14-12-19(13-15-20)18-7-2-1-3-8-18)29-26(33)28-23-11-5-4-10-22(23)25(31)27-17-21-9-6-16-32-21/h1-16H,17H2,(H,27,31)(H2,28,29,30,33). The quantitative estimate of drug-likeness (QED) is 0.356. The van der Waals surface area contributed by atoms with Crippen LogP contribution in [0.25, 0.3) is 11.1 Å². The molecule has 3 N–H and O–H groups in total. The predicted molar refractivity (Wildman–Crippen MR) is 132 cm³/mol. The van der Waals surface area contributed by atoms with Crippen molar-refractivity contribution in [2.45, 2.75) is 6.54 Å². The third-order valence-electron chi connectivity index (χ3n) is 4.90. The number of carbonyl (C=O) groups excluding carboxylic acids is 2. The SMILES string of the molecule is O=C(NC(=S)Nc1ccccc1C(=O)NCc1ccco1)c1ccc(-c2ccccc2)cc1. The molecule has 4 aromatic rings. The maximum Gasteiger partial charge on any atom is 0.257 e. The molecule has 0 saturated carbocycles.